The van der Waals surface area contributed by atoms with Crippen LogP contribution in [-0.2, 0) is 14.3 Å². The number of carbonyl (C=O) groups is 2. The van der Waals surface area contributed by atoms with Crippen molar-refractivity contribution in [2.75, 3.05) is 13.7 Å². The largest absolute Gasteiger partial charge is 0.369 e. The molecule has 5 nitrogen and oxygen atoms in total. The molecule has 0 saturated carbocycles. The van der Waals surface area contributed by atoms with Gasteiger partial charge in [0.25, 0.3) is 5.91 Å². The van der Waals surface area contributed by atoms with E-state index >= 15 is 0 Å². The topological polar surface area (TPSA) is 59.5 Å². The van der Waals surface area contributed by atoms with Crippen LogP contribution in [0, 0.1) is 11.8 Å². The Labute approximate surface area is 105 Å². The van der Waals surface area contributed by atoms with Crippen molar-refractivity contribution < 1.29 is 14.3 Å². The van der Waals surface area contributed by atoms with Gasteiger partial charge in [-0.15, -0.1) is 0 Å². The van der Waals surface area contributed by atoms with Crippen LogP contribution >= 0.6 is 0 Å². The number of carbonyl (C=O) groups excluding carboxylic acids is 2. The Hall–Kier alpha value is -2.19. The summed E-state index contributed by atoms with van der Waals surface area (Å²) in [5.41, 5.74) is 0.636. The highest BCUT2D eigenvalue weighted by molar-refractivity contribution is 5.95. The molecule has 1 fully saturated rings. The van der Waals surface area contributed by atoms with Crippen molar-refractivity contribution in [2.24, 2.45) is 0 Å². The SMILES string of the molecule is CO[C@H]1C(=O)N(CC#Cc2ccccn2)[C@H]1C=O. The van der Waals surface area contributed by atoms with Crippen LogP contribution in [-0.4, -0.2) is 47.9 Å². The zero-order chi connectivity index (χ0) is 13.0. The second-order valence-corrected chi connectivity index (χ2v) is 3.77. The summed E-state index contributed by atoms with van der Waals surface area (Å²) in [6, 6.07) is 4.89. The van der Waals surface area contributed by atoms with Gasteiger partial charge in [-0.25, -0.2) is 4.98 Å². The number of likely N-dealkylation sites (tertiary alicyclic amines) is 1. The number of aldehydes is 1. The summed E-state index contributed by atoms with van der Waals surface area (Å²) in [4.78, 5) is 27.8. The standard InChI is InChI=1S/C13H12N2O3/c1-18-12-11(9-16)15(13(12)17)8-4-6-10-5-2-3-7-14-10/h2-3,5,7,9,11-12H,8H2,1H3/t11-,12+/m0/s1. The van der Waals surface area contributed by atoms with Gasteiger partial charge in [0.05, 0.1) is 6.54 Å². The molecule has 2 rings (SSSR count). The lowest BCUT2D eigenvalue weighted by atomic mass is 9.99. The van der Waals surface area contributed by atoms with Crippen LogP contribution in [0.25, 0.3) is 0 Å². The van der Waals surface area contributed by atoms with E-state index in [0.717, 1.165) is 0 Å². The minimum absolute atomic E-state index is 0.204. The minimum Gasteiger partial charge on any atom is -0.369 e. The molecule has 0 radical (unpaired) electrons. The van der Waals surface area contributed by atoms with E-state index in [1.807, 2.05) is 6.07 Å². The summed E-state index contributed by atoms with van der Waals surface area (Å²) in [5, 5.41) is 0. The van der Waals surface area contributed by atoms with Gasteiger partial charge in [-0.05, 0) is 18.1 Å². The Kier molecular flexibility index (Phi) is 3.70. The predicted octanol–water partition coefficient (Wildman–Crippen LogP) is -0.142. The summed E-state index contributed by atoms with van der Waals surface area (Å²) in [7, 11) is 1.41. The average molecular weight is 244 g/mol. The molecule has 18 heavy (non-hydrogen) atoms. The van der Waals surface area contributed by atoms with Crippen molar-refractivity contribution in [3.8, 4) is 11.8 Å². The quantitative estimate of drug-likeness (QED) is 0.422. The molecule has 92 valence electrons. The summed E-state index contributed by atoms with van der Waals surface area (Å²) in [6.45, 7) is 0.207. The molecule has 0 aromatic carbocycles. The Morgan fingerprint density at radius 1 is 1.56 bits per heavy atom. The van der Waals surface area contributed by atoms with Gasteiger partial charge < -0.3 is 14.4 Å². The maximum absolute atomic E-state index is 11.6. The zero-order valence-electron chi connectivity index (χ0n) is 9.87. The summed E-state index contributed by atoms with van der Waals surface area (Å²) < 4.78 is 4.91. The van der Waals surface area contributed by atoms with Crippen LogP contribution in [0.5, 0.6) is 0 Å². The highest BCUT2D eigenvalue weighted by Gasteiger charge is 2.47. The second kappa shape index (κ2) is 5.43. The van der Waals surface area contributed by atoms with E-state index in [-0.39, 0.29) is 12.5 Å². The van der Waals surface area contributed by atoms with Crippen molar-refractivity contribution in [1.29, 1.82) is 0 Å². The molecule has 0 N–H and O–H groups in total. The predicted molar refractivity (Wildman–Crippen MR) is 63.5 cm³/mol. The van der Waals surface area contributed by atoms with E-state index in [9.17, 15) is 9.59 Å². The van der Waals surface area contributed by atoms with E-state index in [1.54, 1.807) is 18.3 Å². The summed E-state index contributed by atoms with van der Waals surface area (Å²) in [6.07, 6.45) is 1.70. The molecule has 1 saturated heterocycles. The molecule has 0 unspecified atom stereocenters. The van der Waals surface area contributed by atoms with Gasteiger partial charge in [0.1, 0.15) is 18.0 Å². The zero-order valence-corrected chi connectivity index (χ0v) is 9.87. The third-order valence-electron chi connectivity index (χ3n) is 2.72. The Morgan fingerprint density at radius 3 is 3.00 bits per heavy atom. The molecule has 0 spiro atoms. The average Bonchev–Trinajstić information content (AvgIpc) is 2.41. The number of rotatable bonds is 3. The van der Waals surface area contributed by atoms with Gasteiger partial charge in [-0.2, -0.15) is 0 Å². The van der Waals surface area contributed by atoms with E-state index in [4.69, 9.17) is 4.74 Å². The number of nitrogens with zero attached hydrogens (tertiary/aromatic N) is 2. The Morgan fingerprint density at radius 2 is 2.39 bits per heavy atom. The van der Waals surface area contributed by atoms with Gasteiger partial charge >= 0.3 is 0 Å². The number of β-lactam (4-membered cyclic amide) rings is 1. The van der Waals surface area contributed by atoms with Gasteiger partial charge in [0, 0.05) is 13.3 Å². The monoisotopic (exact) mass is 244 g/mol. The fourth-order valence-electron chi connectivity index (χ4n) is 1.76. The van der Waals surface area contributed by atoms with Gasteiger partial charge in [0.2, 0.25) is 0 Å². The first-order chi connectivity index (χ1) is 8.77. The molecule has 1 amide bonds. The fraction of sp³-hybridized carbons (Fsp3) is 0.308. The molecule has 1 aromatic rings. The molecule has 1 aromatic heterocycles. The number of hydrogen-bond donors (Lipinski definition) is 0. The van der Waals surface area contributed by atoms with Gasteiger partial charge in [-0.1, -0.05) is 12.0 Å². The third kappa shape index (κ3) is 2.24. The summed E-state index contributed by atoms with van der Waals surface area (Å²) in [5.74, 6) is 5.45. The lowest BCUT2D eigenvalue weighted by molar-refractivity contribution is -0.169. The molecular formula is C13H12N2O3. The van der Waals surface area contributed by atoms with E-state index in [2.05, 4.69) is 16.8 Å². The molecule has 1 aliphatic heterocycles. The Bertz CT molecular complexity index is 504. The molecule has 5 heteroatoms. The van der Waals surface area contributed by atoms with Crippen molar-refractivity contribution in [3.63, 3.8) is 0 Å². The normalized spacial score (nSPS) is 21.8. The van der Waals surface area contributed by atoms with Crippen LogP contribution < -0.4 is 0 Å². The fourth-order valence-corrected chi connectivity index (χ4v) is 1.76. The minimum atomic E-state index is -0.654. The smallest absolute Gasteiger partial charge is 0.255 e. The second-order valence-electron chi connectivity index (χ2n) is 3.77. The van der Waals surface area contributed by atoms with Crippen LogP contribution in [0.4, 0.5) is 0 Å². The van der Waals surface area contributed by atoms with Crippen LogP contribution in [0.1, 0.15) is 5.69 Å². The van der Waals surface area contributed by atoms with Crippen LogP contribution in [0.3, 0.4) is 0 Å². The molecule has 2 heterocycles. The third-order valence-corrected chi connectivity index (χ3v) is 2.72. The highest BCUT2D eigenvalue weighted by atomic mass is 16.5. The first-order valence-electron chi connectivity index (χ1n) is 5.46. The molecule has 0 bridgehead atoms. The van der Waals surface area contributed by atoms with Gasteiger partial charge in [0.15, 0.2) is 6.10 Å². The van der Waals surface area contributed by atoms with Crippen LogP contribution in [0.15, 0.2) is 24.4 Å². The lowest BCUT2D eigenvalue weighted by Gasteiger charge is -2.41. The number of pyridine rings is 1. The van der Waals surface area contributed by atoms with Crippen molar-refractivity contribution >= 4 is 12.2 Å². The maximum Gasteiger partial charge on any atom is 0.255 e. The van der Waals surface area contributed by atoms with E-state index in [1.165, 1.54) is 12.0 Å². The first kappa shape index (κ1) is 12.3. The van der Waals surface area contributed by atoms with Crippen molar-refractivity contribution in [3.05, 3.63) is 30.1 Å². The molecule has 2 atom stereocenters. The van der Waals surface area contributed by atoms with Crippen LogP contribution in [0.2, 0.25) is 0 Å². The first-order valence-corrected chi connectivity index (χ1v) is 5.46. The van der Waals surface area contributed by atoms with E-state index in [0.29, 0.717) is 12.0 Å². The van der Waals surface area contributed by atoms with Crippen molar-refractivity contribution in [1.82, 2.24) is 9.88 Å². The molecule has 1 aliphatic rings. The number of hydrogen-bond acceptors (Lipinski definition) is 4. The van der Waals surface area contributed by atoms with E-state index < -0.39 is 12.1 Å². The summed E-state index contributed by atoms with van der Waals surface area (Å²) >= 11 is 0. The highest BCUT2D eigenvalue weighted by Crippen LogP contribution is 2.20. The number of methoxy groups -OCH3 is 1. The van der Waals surface area contributed by atoms with Gasteiger partial charge in [-0.3, -0.25) is 4.79 Å². The lowest BCUT2D eigenvalue weighted by Crippen LogP contribution is -2.66. The number of ether oxygens (including phenoxy) is 1. The molecule has 0 aliphatic carbocycles. The van der Waals surface area contributed by atoms with Crippen molar-refractivity contribution in [2.45, 2.75) is 12.1 Å². The maximum atomic E-state index is 11.6. The number of amides is 1. The molecular weight excluding hydrogens is 232 g/mol. The Balaban J connectivity index is 1.98. The number of aromatic nitrogens is 1.